The van der Waals surface area contributed by atoms with Crippen LogP contribution in [0.15, 0.2) is 43.0 Å². The predicted octanol–water partition coefficient (Wildman–Crippen LogP) is 4.12. The van der Waals surface area contributed by atoms with Crippen molar-refractivity contribution in [1.29, 1.82) is 0 Å². The van der Waals surface area contributed by atoms with Crippen LogP contribution in [-0.4, -0.2) is 14.8 Å². The third-order valence-electron chi connectivity index (χ3n) is 3.48. The highest BCUT2D eigenvalue weighted by molar-refractivity contribution is 7.12. The fraction of sp³-hybridized carbons (Fsp3) is 0.250. The molecule has 21 heavy (non-hydrogen) atoms. The first-order chi connectivity index (χ1) is 10.1. The van der Waals surface area contributed by atoms with Gasteiger partial charge in [-0.15, -0.1) is 11.3 Å². The second-order valence-corrected chi connectivity index (χ2v) is 6.58. The Hall–Kier alpha value is -2.14. The Morgan fingerprint density at radius 3 is 2.52 bits per heavy atom. The molecule has 1 unspecified atom stereocenters. The van der Waals surface area contributed by atoms with Gasteiger partial charge in [-0.2, -0.15) is 5.10 Å². The quantitative estimate of drug-likeness (QED) is 0.788. The standard InChI is InChI=1S/C16H18N4S/c1-11-8-16(13(3)21-11)12(2)19-14-4-6-15(7-5-14)20-10-17-9-18-20/h4-10,12,19H,1-3H3. The van der Waals surface area contributed by atoms with Crippen molar-refractivity contribution < 1.29 is 0 Å². The van der Waals surface area contributed by atoms with Gasteiger partial charge in [0, 0.05) is 21.5 Å². The zero-order valence-corrected chi connectivity index (χ0v) is 13.2. The third-order valence-corrected chi connectivity index (χ3v) is 4.46. The van der Waals surface area contributed by atoms with Crippen LogP contribution in [0.4, 0.5) is 5.69 Å². The summed E-state index contributed by atoms with van der Waals surface area (Å²) in [6.07, 6.45) is 3.23. The van der Waals surface area contributed by atoms with Gasteiger partial charge in [0.25, 0.3) is 0 Å². The summed E-state index contributed by atoms with van der Waals surface area (Å²) in [6.45, 7) is 6.53. The van der Waals surface area contributed by atoms with E-state index >= 15 is 0 Å². The lowest BCUT2D eigenvalue weighted by Crippen LogP contribution is -2.06. The molecule has 5 heteroatoms. The fourth-order valence-corrected chi connectivity index (χ4v) is 3.48. The van der Waals surface area contributed by atoms with E-state index in [2.05, 4.69) is 54.4 Å². The molecule has 0 amide bonds. The van der Waals surface area contributed by atoms with E-state index in [0.29, 0.717) is 6.04 Å². The molecule has 1 N–H and O–H groups in total. The minimum absolute atomic E-state index is 0.298. The van der Waals surface area contributed by atoms with Gasteiger partial charge in [-0.3, -0.25) is 0 Å². The van der Waals surface area contributed by atoms with E-state index in [1.54, 1.807) is 11.0 Å². The Balaban J connectivity index is 1.74. The lowest BCUT2D eigenvalue weighted by atomic mass is 10.1. The van der Waals surface area contributed by atoms with Crippen LogP contribution in [-0.2, 0) is 0 Å². The molecule has 0 radical (unpaired) electrons. The highest BCUT2D eigenvalue weighted by Gasteiger charge is 2.11. The van der Waals surface area contributed by atoms with E-state index in [4.69, 9.17) is 0 Å². The molecule has 0 bridgehead atoms. The highest BCUT2D eigenvalue weighted by Crippen LogP contribution is 2.28. The Morgan fingerprint density at radius 1 is 1.19 bits per heavy atom. The van der Waals surface area contributed by atoms with Gasteiger partial charge in [0.1, 0.15) is 12.7 Å². The molecule has 0 aliphatic rings. The van der Waals surface area contributed by atoms with Crippen molar-refractivity contribution in [3.8, 4) is 5.69 Å². The van der Waals surface area contributed by atoms with E-state index in [1.807, 2.05) is 23.5 Å². The Bertz CT molecular complexity index is 713. The molecule has 0 aliphatic heterocycles. The second-order valence-electron chi connectivity index (χ2n) is 5.12. The zero-order chi connectivity index (χ0) is 14.8. The summed E-state index contributed by atoms with van der Waals surface area (Å²) in [5, 5.41) is 7.67. The zero-order valence-electron chi connectivity index (χ0n) is 12.4. The third kappa shape index (κ3) is 2.97. The topological polar surface area (TPSA) is 42.7 Å². The predicted molar refractivity (Wildman–Crippen MR) is 87.2 cm³/mol. The maximum atomic E-state index is 4.13. The molecule has 0 saturated heterocycles. The number of anilines is 1. The molecule has 4 nitrogen and oxygen atoms in total. The molecular formula is C16H18N4S. The molecule has 0 fully saturated rings. The van der Waals surface area contributed by atoms with Gasteiger partial charge in [-0.05, 0) is 56.7 Å². The Kier molecular flexibility index (Phi) is 3.75. The smallest absolute Gasteiger partial charge is 0.138 e. The van der Waals surface area contributed by atoms with Crippen LogP contribution in [0.1, 0.15) is 28.3 Å². The molecule has 0 saturated carbocycles. The van der Waals surface area contributed by atoms with Crippen molar-refractivity contribution in [2.75, 3.05) is 5.32 Å². The summed E-state index contributed by atoms with van der Waals surface area (Å²) in [6, 6.07) is 10.8. The monoisotopic (exact) mass is 298 g/mol. The summed E-state index contributed by atoms with van der Waals surface area (Å²) in [4.78, 5) is 6.70. The van der Waals surface area contributed by atoms with E-state index in [1.165, 1.54) is 21.6 Å². The molecule has 2 aromatic heterocycles. The van der Waals surface area contributed by atoms with Crippen LogP contribution in [0.25, 0.3) is 5.69 Å². The van der Waals surface area contributed by atoms with Gasteiger partial charge < -0.3 is 5.32 Å². The van der Waals surface area contributed by atoms with Crippen molar-refractivity contribution in [2.45, 2.75) is 26.8 Å². The number of hydrogen-bond donors (Lipinski definition) is 1. The number of thiophene rings is 1. The molecule has 3 aromatic rings. The summed E-state index contributed by atoms with van der Waals surface area (Å²) >= 11 is 1.85. The Labute approximate surface area is 128 Å². The summed E-state index contributed by atoms with van der Waals surface area (Å²) in [7, 11) is 0. The molecule has 1 atom stereocenters. The molecule has 1 aromatic carbocycles. The Morgan fingerprint density at radius 2 is 1.95 bits per heavy atom. The molecular weight excluding hydrogens is 280 g/mol. The number of aryl methyl sites for hydroxylation is 2. The maximum absolute atomic E-state index is 4.13. The summed E-state index contributed by atoms with van der Waals surface area (Å²) < 4.78 is 1.75. The molecule has 0 aliphatic carbocycles. The lowest BCUT2D eigenvalue weighted by molar-refractivity contribution is 0.871. The average molecular weight is 298 g/mol. The summed E-state index contributed by atoms with van der Waals surface area (Å²) in [5.74, 6) is 0. The van der Waals surface area contributed by atoms with Crippen LogP contribution in [0, 0.1) is 13.8 Å². The second kappa shape index (κ2) is 5.69. The van der Waals surface area contributed by atoms with E-state index < -0.39 is 0 Å². The first-order valence-corrected chi connectivity index (χ1v) is 7.73. The molecule has 2 heterocycles. The number of aromatic nitrogens is 3. The van der Waals surface area contributed by atoms with Crippen LogP contribution < -0.4 is 5.32 Å². The molecule has 108 valence electrons. The molecule has 0 spiro atoms. The van der Waals surface area contributed by atoms with E-state index in [9.17, 15) is 0 Å². The number of nitrogens with one attached hydrogen (secondary N) is 1. The van der Waals surface area contributed by atoms with Gasteiger partial charge >= 0.3 is 0 Å². The van der Waals surface area contributed by atoms with Crippen LogP contribution in [0.2, 0.25) is 0 Å². The number of hydrogen-bond acceptors (Lipinski definition) is 4. The van der Waals surface area contributed by atoms with Crippen molar-refractivity contribution in [3.63, 3.8) is 0 Å². The minimum atomic E-state index is 0.298. The fourth-order valence-electron chi connectivity index (χ4n) is 2.46. The van der Waals surface area contributed by atoms with Gasteiger partial charge in [-0.1, -0.05) is 0 Å². The van der Waals surface area contributed by atoms with Crippen molar-refractivity contribution in [1.82, 2.24) is 14.8 Å². The SMILES string of the molecule is Cc1cc(C(C)Nc2ccc(-n3cncn3)cc2)c(C)s1. The summed E-state index contributed by atoms with van der Waals surface area (Å²) in [5.41, 5.74) is 3.49. The van der Waals surface area contributed by atoms with Gasteiger partial charge in [0.05, 0.1) is 5.69 Å². The lowest BCUT2D eigenvalue weighted by Gasteiger charge is -2.15. The van der Waals surface area contributed by atoms with Crippen LogP contribution in [0.3, 0.4) is 0 Å². The van der Waals surface area contributed by atoms with E-state index in [0.717, 1.165) is 11.4 Å². The van der Waals surface area contributed by atoms with Crippen molar-refractivity contribution in [3.05, 3.63) is 58.3 Å². The van der Waals surface area contributed by atoms with E-state index in [-0.39, 0.29) is 0 Å². The van der Waals surface area contributed by atoms with Crippen molar-refractivity contribution in [2.24, 2.45) is 0 Å². The number of rotatable bonds is 4. The minimum Gasteiger partial charge on any atom is -0.378 e. The number of nitrogens with zero attached hydrogens (tertiary/aromatic N) is 3. The largest absolute Gasteiger partial charge is 0.378 e. The van der Waals surface area contributed by atoms with Crippen molar-refractivity contribution >= 4 is 17.0 Å². The number of benzene rings is 1. The van der Waals surface area contributed by atoms with Gasteiger partial charge in [0.15, 0.2) is 0 Å². The molecule has 3 rings (SSSR count). The average Bonchev–Trinajstić information content (AvgIpc) is 3.09. The van der Waals surface area contributed by atoms with Gasteiger partial charge in [0.2, 0.25) is 0 Å². The van der Waals surface area contributed by atoms with Crippen LogP contribution in [0.5, 0.6) is 0 Å². The van der Waals surface area contributed by atoms with Crippen LogP contribution >= 0.6 is 11.3 Å². The normalized spacial score (nSPS) is 12.3. The van der Waals surface area contributed by atoms with Gasteiger partial charge in [-0.25, -0.2) is 9.67 Å². The first-order valence-electron chi connectivity index (χ1n) is 6.92. The highest BCUT2D eigenvalue weighted by atomic mass is 32.1. The maximum Gasteiger partial charge on any atom is 0.138 e. The first kappa shape index (κ1) is 13.8.